The van der Waals surface area contributed by atoms with E-state index in [0.717, 1.165) is 32.9 Å². The third kappa shape index (κ3) is 1.74. The van der Waals surface area contributed by atoms with Crippen LogP contribution in [0.15, 0.2) is 54.7 Å². The van der Waals surface area contributed by atoms with Gasteiger partial charge in [-0.05, 0) is 12.1 Å². The van der Waals surface area contributed by atoms with Crippen molar-refractivity contribution in [2.24, 2.45) is 0 Å². The maximum atomic E-state index is 12.2. The predicted molar refractivity (Wildman–Crippen MR) is 86.9 cm³/mol. The third-order valence-electron chi connectivity index (χ3n) is 3.95. The Bertz CT molecular complexity index is 995. The van der Waals surface area contributed by atoms with Crippen LogP contribution >= 0.6 is 0 Å². The second kappa shape index (κ2) is 4.77. The minimum Gasteiger partial charge on any atom is -0.464 e. The Kier molecular flexibility index (Phi) is 2.76. The minimum absolute atomic E-state index is 0.364. The average molecular weight is 290 g/mol. The number of hydrogen-bond acceptors (Lipinski definition) is 2. The smallest absolute Gasteiger partial charge is 0.355 e. The van der Waals surface area contributed by atoms with Gasteiger partial charge in [-0.15, -0.1) is 0 Å². The van der Waals surface area contributed by atoms with Crippen LogP contribution < -0.4 is 0 Å². The maximum Gasteiger partial charge on any atom is 0.355 e. The molecule has 0 aliphatic carbocycles. The Hall–Kier alpha value is -3.01. The van der Waals surface area contributed by atoms with E-state index in [9.17, 15) is 4.79 Å². The summed E-state index contributed by atoms with van der Waals surface area (Å²) in [5, 5.41) is 2.09. The number of rotatable bonds is 2. The van der Waals surface area contributed by atoms with Crippen LogP contribution in [0.25, 0.3) is 32.9 Å². The highest BCUT2D eigenvalue weighted by Crippen LogP contribution is 2.37. The van der Waals surface area contributed by atoms with Crippen LogP contribution in [-0.4, -0.2) is 23.0 Å². The average Bonchev–Trinajstić information content (AvgIpc) is 3.14. The Balaban J connectivity index is 2.10. The lowest BCUT2D eigenvalue weighted by molar-refractivity contribution is 0.0596. The van der Waals surface area contributed by atoms with Gasteiger partial charge in [0.25, 0.3) is 0 Å². The van der Waals surface area contributed by atoms with Crippen LogP contribution in [0, 0.1) is 0 Å². The maximum absolute atomic E-state index is 12.2. The van der Waals surface area contributed by atoms with Crippen molar-refractivity contribution in [3.05, 3.63) is 60.4 Å². The van der Waals surface area contributed by atoms with Crippen LogP contribution in [0.4, 0.5) is 0 Å². The Morgan fingerprint density at radius 2 is 1.64 bits per heavy atom. The summed E-state index contributed by atoms with van der Waals surface area (Å²) in [6.45, 7) is 0. The normalized spacial score (nSPS) is 11.1. The lowest BCUT2D eigenvalue weighted by Crippen LogP contribution is -2.03. The summed E-state index contributed by atoms with van der Waals surface area (Å²) in [6, 6.07) is 15.9. The molecule has 0 spiro atoms. The van der Waals surface area contributed by atoms with Crippen molar-refractivity contribution in [3.63, 3.8) is 0 Å². The highest BCUT2D eigenvalue weighted by Gasteiger charge is 2.21. The molecular weight excluding hydrogens is 276 g/mol. The van der Waals surface area contributed by atoms with Gasteiger partial charge in [0.1, 0.15) is 5.69 Å². The third-order valence-corrected chi connectivity index (χ3v) is 3.95. The van der Waals surface area contributed by atoms with E-state index in [4.69, 9.17) is 4.74 Å². The standard InChI is InChI=1S/C18H14N2O2/c1-22-18(21)17-16(12-7-3-5-9-15(12)20-17)13-10-19-14-8-4-2-6-11(13)14/h2-10,19-20H,1H3. The molecule has 0 saturated carbocycles. The van der Waals surface area contributed by atoms with Crippen molar-refractivity contribution in [2.75, 3.05) is 7.11 Å². The summed E-state index contributed by atoms with van der Waals surface area (Å²) in [5.41, 5.74) is 4.31. The van der Waals surface area contributed by atoms with Gasteiger partial charge in [0, 0.05) is 39.1 Å². The van der Waals surface area contributed by atoms with E-state index >= 15 is 0 Å². The molecule has 2 N–H and O–H groups in total. The van der Waals surface area contributed by atoms with Gasteiger partial charge < -0.3 is 14.7 Å². The van der Waals surface area contributed by atoms with Gasteiger partial charge in [0.15, 0.2) is 0 Å². The topological polar surface area (TPSA) is 57.9 Å². The van der Waals surface area contributed by atoms with Crippen molar-refractivity contribution in [1.29, 1.82) is 0 Å². The lowest BCUT2D eigenvalue weighted by atomic mass is 10.0. The number of esters is 1. The second-order valence-corrected chi connectivity index (χ2v) is 5.16. The molecule has 4 aromatic rings. The molecule has 0 fully saturated rings. The Labute approximate surface area is 126 Å². The number of carbonyl (C=O) groups is 1. The number of nitrogens with one attached hydrogen (secondary N) is 2. The number of aromatic amines is 2. The second-order valence-electron chi connectivity index (χ2n) is 5.16. The zero-order chi connectivity index (χ0) is 15.1. The lowest BCUT2D eigenvalue weighted by Gasteiger charge is -2.02. The highest BCUT2D eigenvalue weighted by molar-refractivity contribution is 6.12. The summed E-state index contributed by atoms with van der Waals surface area (Å²) in [6.07, 6.45) is 1.94. The van der Waals surface area contributed by atoms with Crippen molar-refractivity contribution in [3.8, 4) is 11.1 Å². The SMILES string of the molecule is COC(=O)c1[nH]c2ccccc2c1-c1c[nH]c2ccccc12. The van der Waals surface area contributed by atoms with E-state index in [2.05, 4.69) is 9.97 Å². The fourth-order valence-corrected chi connectivity index (χ4v) is 2.96. The first-order chi connectivity index (χ1) is 10.8. The molecule has 2 heterocycles. The molecule has 2 aromatic heterocycles. The van der Waals surface area contributed by atoms with E-state index < -0.39 is 0 Å². The quantitative estimate of drug-likeness (QED) is 0.546. The van der Waals surface area contributed by atoms with Crippen LogP contribution in [0.2, 0.25) is 0 Å². The van der Waals surface area contributed by atoms with Crippen LogP contribution in [0.5, 0.6) is 0 Å². The van der Waals surface area contributed by atoms with Gasteiger partial charge in [0.05, 0.1) is 7.11 Å². The fourth-order valence-electron chi connectivity index (χ4n) is 2.96. The number of hydrogen-bond donors (Lipinski definition) is 2. The predicted octanol–water partition coefficient (Wildman–Crippen LogP) is 4.10. The zero-order valence-electron chi connectivity index (χ0n) is 12.0. The van der Waals surface area contributed by atoms with E-state index in [1.165, 1.54) is 7.11 Å². The van der Waals surface area contributed by atoms with Gasteiger partial charge in [-0.3, -0.25) is 0 Å². The van der Waals surface area contributed by atoms with Crippen molar-refractivity contribution in [2.45, 2.75) is 0 Å². The molecule has 0 radical (unpaired) electrons. The van der Waals surface area contributed by atoms with Gasteiger partial charge in [-0.1, -0.05) is 36.4 Å². The zero-order valence-corrected chi connectivity index (χ0v) is 12.0. The van der Waals surface area contributed by atoms with Gasteiger partial charge in [0.2, 0.25) is 0 Å². The van der Waals surface area contributed by atoms with E-state index in [1.807, 2.05) is 54.7 Å². The number of aromatic nitrogens is 2. The highest BCUT2D eigenvalue weighted by atomic mass is 16.5. The summed E-state index contributed by atoms with van der Waals surface area (Å²) >= 11 is 0. The number of carbonyl (C=O) groups excluding carboxylic acids is 1. The summed E-state index contributed by atoms with van der Waals surface area (Å²) in [4.78, 5) is 18.6. The first-order valence-corrected chi connectivity index (χ1v) is 7.05. The molecule has 4 heteroatoms. The van der Waals surface area contributed by atoms with Crippen molar-refractivity contribution in [1.82, 2.24) is 9.97 Å². The molecule has 0 unspecified atom stereocenters. The van der Waals surface area contributed by atoms with E-state index in [-0.39, 0.29) is 5.97 Å². The largest absolute Gasteiger partial charge is 0.464 e. The molecule has 0 amide bonds. The number of ether oxygens (including phenoxy) is 1. The number of para-hydroxylation sites is 2. The first kappa shape index (κ1) is 12.7. The van der Waals surface area contributed by atoms with Crippen LogP contribution in [-0.2, 0) is 4.74 Å². The number of methoxy groups -OCH3 is 1. The fraction of sp³-hybridized carbons (Fsp3) is 0.0556. The molecule has 4 rings (SSSR count). The van der Waals surface area contributed by atoms with E-state index in [0.29, 0.717) is 5.69 Å². The molecule has 0 aliphatic heterocycles. The molecule has 0 bridgehead atoms. The monoisotopic (exact) mass is 290 g/mol. The molecule has 108 valence electrons. The van der Waals surface area contributed by atoms with Gasteiger partial charge in [-0.25, -0.2) is 4.79 Å². The molecule has 22 heavy (non-hydrogen) atoms. The number of benzene rings is 2. The molecule has 0 atom stereocenters. The van der Waals surface area contributed by atoms with Gasteiger partial charge >= 0.3 is 5.97 Å². The molecular formula is C18H14N2O2. The van der Waals surface area contributed by atoms with Crippen LogP contribution in [0.1, 0.15) is 10.5 Å². The van der Waals surface area contributed by atoms with Crippen molar-refractivity contribution >= 4 is 27.8 Å². The molecule has 4 nitrogen and oxygen atoms in total. The summed E-state index contributed by atoms with van der Waals surface area (Å²) in [5.74, 6) is -0.364. The summed E-state index contributed by atoms with van der Waals surface area (Å²) < 4.78 is 4.94. The summed E-state index contributed by atoms with van der Waals surface area (Å²) in [7, 11) is 1.40. The Morgan fingerprint density at radius 3 is 2.41 bits per heavy atom. The van der Waals surface area contributed by atoms with Gasteiger partial charge in [-0.2, -0.15) is 0 Å². The minimum atomic E-state index is -0.364. The van der Waals surface area contributed by atoms with Crippen molar-refractivity contribution < 1.29 is 9.53 Å². The van der Waals surface area contributed by atoms with E-state index in [1.54, 1.807) is 0 Å². The molecule has 0 saturated heterocycles. The molecule has 2 aromatic carbocycles. The number of fused-ring (bicyclic) bond motifs is 2. The molecule has 0 aliphatic rings. The first-order valence-electron chi connectivity index (χ1n) is 7.05. The Morgan fingerprint density at radius 1 is 0.955 bits per heavy atom. The number of H-pyrrole nitrogens is 2. The van der Waals surface area contributed by atoms with Crippen LogP contribution in [0.3, 0.4) is 0 Å².